The molecule has 0 fully saturated rings. The van der Waals surface area contributed by atoms with Gasteiger partial charge in [0, 0.05) is 15.1 Å². The molecule has 0 aliphatic heterocycles. The first kappa shape index (κ1) is 18.9. The highest BCUT2D eigenvalue weighted by Gasteiger charge is 2.26. The van der Waals surface area contributed by atoms with E-state index in [9.17, 15) is 9.90 Å². The van der Waals surface area contributed by atoms with Crippen LogP contribution in [0.1, 0.15) is 24.2 Å². The van der Waals surface area contributed by atoms with Crippen LogP contribution in [0.25, 0.3) is 21.9 Å². The lowest BCUT2D eigenvalue weighted by atomic mass is 9.87. The molecule has 3 aromatic rings. The molecule has 134 valence electrons. The number of aryl methyl sites for hydroxylation is 1. The van der Waals surface area contributed by atoms with E-state index in [0.29, 0.717) is 10.6 Å². The lowest BCUT2D eigenvalue weighted by molar-refractivity contribution is -0.153. The van der Waals surface area contributed by atoms with Crippen LogP contribution < -0.4 is 0 Å². The van der Waals surface area contributed by atoms with Gasteiger partial charge in [-0.05, 0) is 65.6 Å². The zero-order valence-electron chi connectivity index (χ0n) is 14.4. The predicted octanol–water partition coefficient (Wildman–Crippen LogP) is 5.83. The standard InChI is InChI=1S/C21H18BrClO3/c1-3-26-21(25)20(24)18-12(2)10-14-4-7-15(22)11-17(14)19(18)13-5-8-16(23)9-6-13/h4-11,20,24H,3H2,1-2H3/t20-/m0/s1. The van der Waals surface area contributed by atoms with Gasteiger partial charge in [0.15, 0.2) is 6.10 Å². The van der Waals surface area contributed by atoms with Gasteiger partial charge in [0.05, 0.1) is 6.61 Å². The van der Waals surface area contributed by atoms with E-state index in [1.807, 2.05) is 43.3 Å². The SMILES string of the molecule is CCOC(=O)[C@@H](O)c1c(C)cc2ccc(Br)cc2c1-c1ccc(Cl)cc1. The van der Waals surface area contributed by atoms with Gasteiger partial charge in [0.1, 0.15) is 0 Å². The zero-order chi connectivity index (χ0) is 18.8. The molecular weight excluding hydrogens is 416 g/mol. The van der Waals surface area contributed by atoms with Gasteiger partial charge < -0.3 is 9.84 Å². The largest absolute Gasteiger partial charge is 0.464 e. The maximum absolute atomic E-state index is 12.2. The van der Waals surface area contributed by atoms with Crippen LogP contribution in [0.15, 0.2) is 53.0 Å². The third-order valence-electron chi connectivity index (χ3n) is 4.27. The summed E-state index contributed by atoms with van der Waals surface area (Å²) in [7, 11) is 0. The molecular formula is C21H18BrClO3. The monoisotopic (exact) mass is 432 g/mol. The Balaban J connectivity index is 2.35. The van der Waals surface area contributed by atoms with Crippen molar-refractivity contribution in [3.63, 3.8) is 0 Å². The Morgan fingerprint density at radius 1 is 1.19 bits per heavy atom. The van der Waals surface area contributed by atoms with Gasteiger partial charge in [-0.1, -0.05) is 51.8 Å². The van der Waals surface area contributed by atoms with Crippen molar-refractivity contribution in [2.75, 3.05) is 6.61 Å². The second kappa shape index (κ2) is 7.78. The summed E-state index contributed by atoms with van der Waals surface area (Å²) in [6, 6.07) is 15.3. The lowest BCUT2D eigenvalue weighted by Crippen LogP contribution is -2.17. The minimum Gasteiger partial charge on any atom is -0.464 e. The number of hydrogen-bond acceptors (Lipinski definition) is 3. The van der Waals surface area contributed by atoms with Gasteiger partial charge in [-0.15, -0.1) is 0 Å². The summed E-state index contributed by atoms with van der Waals surface area (Å²) in [5, 5.41) is 13.3. The number of ether oxygens (including phenoxy) is 1. The van der Waals surface area contributed by atoms with Crippen LogP contribution in [-0.2, 0) is 9.53 Å². The topological polar surface area (TPSA) is 46.5 Å². The van der Waals surface area contributed by atoms with Crippen molar-refractivity contribution in [1.82, 2.24) is 0 Å². The van der Waals surface area contributed by atoms with Crippen molar-refractivity contribution in [2.45, 2.75) is 20.0 Å². The summed E-state index contributed by atoms with van der Waals surface area (Å²) in [6.07, 6.45) is -1.36. The van der Waals surface area contributed by atoms with Gasteiger partial charge in [-0.2, -0.15) is 0 Å². The first-order valence-electron chi connectivity index (χ1n) is 8.25. The molecule has 3 aromatic carbocycles. The third kappa shape index (κ3) is 3.63. The maximum atomic E-state index is 12.2. The van der Waals surface area contributed by atoms with Gasteiger partial charge in [0.2, 0.25) is 0 Å². The molecule has 0 aliphatic rings. The molecule has 0 aromatic heterocycles. The number of aliphatic hydroxyl groups is 1. The summed E-state index contributed by atoms with van der Waals surface area (Å²) in [6.45, 7) is 3.82. The van der Waals surface area contributed by atoms with Gasteiger partial charge >= 0.3 is 5.97 Å². The fourth-order valence-electron chi connectivity index (χ4n) is 3.14. The Morgan fingerprint density at radius 3 is 2.54 bits per heavy atom. The highest BCUT2D eigenvalue weighted by molar-refractivity contribution is 9.10. The molecule has 0 aliphatic carbocycles. The lowest BCUT2D eigenvalue weighted by Gasteiger charge is -2.20. The Bertz CT molecular complexity index is 967. The molecule has 3 nitrogen and oxygen atoms in total. The minimum atomic E-state index is -1.36. The number of carbonyl (C=O) groups is 1. The number of carbonyl (C=O) groups excluding carboxylic acids is 1. The summed E-state index contributed by atoms with van der Waals surface area (Å²) < 4.78 is 5.96. The molecule has 0 unspecified atom stereocenters. The van der Waals surface area contributed by atoms with Gasteiger partial charge in [-0.3, -0.25) is 0 Å². The Labute approximate surface area is 165 Å². The van der Waals surface area contributed by atoms with Crippen LogP contribution in [0.4, 0.5) is 0 Å². The normalized spacial score (nSPS) is 12.2. The van der Waals surface area contributed by atoms with Crippen LogP contribution >= 0.6 is 27.5 Å². The summed E-state index contributed by atoms with van der Waals surface area (Å²) >= 11 is 9.55. The molecule has 0 saturated heterocycles. The number of aliphatic hydroxyl groups excluding tert-OH is 1. The first-order chi connectivity index (χ1) is 12.4. The fourth-order valence-corrected chi connectivity index (χ4v) is 3.63. The smallest absolute Gasteiger partial charge is 0.339 e. The Kier molecular flexibility index (Phi) is 5.66. The molecule has 0 bridgehead atoms. The molecule has 3 rings (SSSR count). The molecule has 0 spiro atoms. The Hall–Kier alpha value is -1.88. The van der Waals surface area contributed by atoms with Crippen LogP contribution in [-0.4, -0.2) is 17.7 Å². The van der Waals surface area contributed by atoms with Crippen molar-refractivity contribution < 1.29 is 14.6 Å². The third-order valence-corrected chi connectivity index (χ3v) is 5.01. The number of halogens is 2. The van der Waals surface area contributed by atoms with Gasteiger partial charge in [-0.25, -0.2) is 4.79 Å². The average molecular weight is 434 g/mol. The van der Waals surface area contributed by atoms with Crippen LogP contribution in [0.2, 0.25) is 5.02 Å². The van der Waals surface area contributed by atoms with E-state index in [4.69, 9.17) is 16.3 Å². The predicted molar refractivity (Wildman–Crippen MR) is 108 cm³/mol. The molecule has 26 heavy (non-hydrogen) atoms. The number of benzene rings is 3. The van der Waals surface area contributed by atoms with Crippen LogP contribution in [0.5, 0.6) is 0 Å². The molecule has 1 atom stereocenters. The van der Waals surface area contributed by atoms with Crippen molar-refractivity contribution in [3.8, 4) is 11.1 Å². The van der Waals surface area contributed by atoms with Crippen molar-refractivity contribution in [1.29, 1.82) is 0 Å². The molecule has 0 heterocycles. The fraction of sp³-hybridized carbons (Fsp3) is 0.190. The molecule has 0 radical (unpaired) electrons. The van der Waals surface area contributed by atoms with E-state index in [1.54, 1.807) is 19.1 Å². The summed E-state index contributed by atoms with van der Waals surface area (Å²) in [4.78, 5) is 12.2. The van der Waals surface area contributed by atoms with Crippen molar-refractivity contribution in [3.05, 3.63) is 69.2 Å². The molecule has 1 N–H and O–H groups in total. The minimum absolute atomic E-state index is 0.213. The van der Waals surface area contributed by atoms with E-state index in [0.717, 1.165) is 31.9 Å². The maximum Gasteiger partial charge on any atom is 0.339 e. The molecule has 0 amide bonds. The zero-order valence-corrected chi connectivity index (χ0v) is 16.8. The number of hydrogen-bond donors (Lipinski definition) is 1. The average Bonchev–Trinajstić information content (AvgIpc) is 2.61. The summed E-state index contributed by atoms with van der Waals surface area (Å²) in [5.74, 6) is -0.653. The quantitative estimate of drug-likeness (QED) is 0.527. The molecule has 0 saturated carbocycles. The van der Waals surface area contributed by atoms with Crippen molar-refractivity contribution >= 4 is 44.3 Å². The van der Waals surface area contributed by atoms with Gasteiger partial charge in [0.25, 0.3) is 0 Å². The number of rotatable bonds is 4. The van der Waals surface area contributed by atoms with Crippen molar-refractivity contribution in [2.24, 2.45) is 0 Å². The highest BCUT2D eigenvalue weighted by atomic mass is 79.9. The van der Waals surface area contributed by atoms with E-state index in [-0.39, 0.29) is 6.61 Å². The van der Waals surface area contributed by atoms with Crippen LogP contribution in [0.3, 0.4) is 0 Å². The van der Waals surface area contributed by atoms with Crippen LogP contribution in [0, 0.1) is 6.92 Å². The number of esters is 1. The second-order valence-corrected chi connectivity index (χ2v) is 7.36. The Morgan fingerprint density at radius 2 is 1.88 bits per heavy atom. The first-order valence-corrected chi connectivity index (χ1v) is 9.43. The second-order valence-electron chi connectivity index (χ2n) is 6.01. The number of fused-ring (bicyclic) bond motifs is 1. The molecule has 5 heteroatoms. The highest BCUT2D eigenvalue weighted by Crippen LogP contribution is 2.39. The van der Waals surface area contributed by atoms with E-state index >= 15 is 0 Å². The summed E-state index contributed by atoms with van der Waals surface area (Å²) in [5.41, 5.74) is 3.06. The van der Waals surface area contributed by atoms with E-state index in [1.165, 1.54) is 0 Å². The van der Waals surface area contributed by atoms with E-state index < -0.39 is 12.1 Å². The van der Waals surface area contributed by atoms with E-state index in [2.05, 4.69) is 15.9 Å².